The zero-order valence-corrected chi connectivity index (χ0v) is 21.7. The van der Waals surface area contributed by atoms with E-state index in [1.54, 1.807) is 6.92 Å². The first-order chi connectivity index (χ1) is 15.6. The lowest BCUT2D eigenvalue weighted by Crippen LogP contribution is -2.69. The highest BCUT2D eigenvalue weighted by Crippen LogP contribution is 2.41. The Labute approximate surface area is 200 Å². The summed E-state index contributed by atoms with van der Waals surface area (Å²) < 4.78 is 11.6. The van der Waals surface area contributed by atoms with Crippen molar-refractivity contribution in [3.8, 4) is 0 Å². The van der Waals surface area contributed by atoms with E-state index in [1.807, 2.05) is 0 Å². The first-order valence-corrected chi connectivity index (χ1v) is 14.1. The molecule has 1 amide bonds. The maximum Gasteiger partial charge on any atom is 0.325 e. The van der Waals surface area contributed by atoms with Gasteiger partial charge in [-0.2, -0.15) is 0 Å². The Morgan fingerprint density at radius 1 is 1.21 bits per heavy atom. The van der Waals surface area contributed by atoms with Crippen molar-refractivity contribution >= 4 is 31.9 Å². The molecule has 1 aromatic carbocycles. The van der Waals surface area contributed by atoms with Crippen molar-refractivity contribution in [1.29, 1.82) is 0 Å². The van der Waals surface area contributed by atoms with Gasteiger partial charge in [-0.3, -0.25) is 24.5 Å². The summed E-state index contributed by atoms with van der Waals surface area (Å²) in [6.45, 7) is 13.2. The first-order valence-electron chi connectivity index (χ1n) is 11.2. The highest BCUT2D eigenvalue weighted by molar-refractivity contribution is 6.74. The highest BCUT2D eigenvalue weighted by Gasteiger charge is 2.56. The molecule has 1 fully saturated rings. The number of benzene rings is 1. The monoisotopic (exact) mass is 494 g/mol. The maximum atomic E-state index is 13.0. The number of β-lactam (4-membered cyclic amide) rings is 1. The highest BCUT2D eigenvalue weighted by atomic mass is 28.4. The van der Waals surface area contributed by atoms with Gasteiger partial charge in [0.25, 0.3) is 5.69 Å². The third-order valence-corrected chi connectivity index (χ3v) is 11.4. The molecule has 10 nitrogen and oxygen atoms in total. The van der Waals surface area contributed by atoms with Crippen LogP contribution in [0.15, 0.2) is 24.3 Å². The molecular weight excluding hydrogens is 460 g/mol. The standard InChI is InChI=1S/C23H34N2O8Si/c1-14(22(28)29)20-19(15(2)33-34(6,7)23(3,4)5)21(27)24(20)12-18(26)32-13-16-8-10-17(11-9-16)25(30)31/h8-11,14-15,19-20H,12-13H2,1-7H3,(H,28,29)/t14?,15-,19-,20-/m1/s1. The van der Waals surface area contributed by atoms with E-state index in [-0.39, 0.29) is 29.8 Å². The summed E-state index contributed by atoms with van der Waals surface area (Å²) in [4.78, 5) is 48.6. The number of carboxylic acids is 1. The Morgan fingerprint density at radius 2 is 1.76 bits per heavy atom. The van der Waals surface area contributed by atoms with Crippen LogP contribution in [0, 0.1) is 22.0 Å². The number of nitro benzene ring substituents is 1. The molecule has 4 atom stereocenters. The third kappa shape index (κ3) is 6.01. The fourth-order valence-electron chi connectivity index (χ4n) is 3.76. The molecule has 0 saturated carbocycles. The predicted octanol–water partition coefficient (Wildman–Crippen LogP) is 3.60. The van der Waals surface area contributed by atoms with E-state index in [1.165, 1.54) is 36.1 Å². The molecule has 1 unspecified atom stereocenters. The van der Waals surface area contributed by atoms with Gasteiger partial charge in [0.2, 0.25) is 5.91 Å². The number of aliphatic carboxylic acids is 1. The van der Waals surface area contributed by atoms with E-state index >= 15 is 0 Å². The van der Waals surface area contributed by atoms with Crippen LogP contribution in [0.2, 0.25) is 18.1 Å². The van der Waals surface area contributed by atoms with E-state index in [0.717, 1.165) is 0 Å². The van der Waals surface area contributed by atoms with Crippen LogP contribution in [0.5, 0.6) is 0 Å². The van der Waals surface area contributed by atoms with Crippen molar-refractivity contribution in [3.63, 3.8) is 0 Å². The number of nitro groups is 1. The number of rotatable bonds is 10. The smallest absolute Gasteiger partial charge is 0.325 e. The summed E-state index contributed by atoms with van der Waals surface area (Å²) in [5, 5.41) is 20.3. The van der Waals surface area contributed by atoms with E-state index in [2.05, 4.69) is 33.9 Å². The Kier molecular flexibility index (Phi) is 8.25. The number of nitrogens with zero attached hydrogens (tertiary/aromatic N) is 2. The maximum absolute atomic E-state index is 13.0. The zero-order chi connectivity index (χ0) is 26.0. The van der Waals surface area contributed by atoms with Crippen LogP contribution in [-0.4, -0.2) is 59.8 Å². The van der Waals surface area contributed by atoms with E-state index in [4.69, 9.17) is 9.16 Å². The molecule has 0 aliphatic carbocycles. The summed E-state index contributed by atoms with van der Waals surface area (Å²) in [5.74, 6) is -3.65. The molecule has 0 bridgehead atoms. The van der Waals surface area contributed by atoms with E-state index in [9.17, 15) is 29.6 Å². The Bertz CT molecular complexity index is 941. The molecule has 34 heavy (non-hydrogen) atoms. The van der Waals surface area contributed by atoms with Crippen LogP contribution in [-0.2, 0) is 30.2 Å². The number of non-ortho nitro benzene ring substituents is 1. The number of hydrogen-bond donors (Lipinski definition) is 1. The average Bonchev–Trinajstić information content (AvgIpc) is 2.72. The van der Waals surface area contributed by atoms with Crippen LogP contribution in [0.1, 0.15) is 40.2 Å². The normalized spacial score (nSPS) is 20.3. The largest absolute Gasteiger partial charge is 0.481 e. The zero-order valence-electron chi connectivity index (χ0n) is 20.7. The minimum Gasteiger partial charge on any atom is -0.481 e. The Morgan fingerprint density at radius 3 is 2.24 bits per heavy atom. The molecule has 0 aromatic heterocycles. The minimum atomic E-state index is -2.20. The summed E-state index contributed by atoms with van der Waals surface area (Å²) in [6.07, 6.45) is -0.493. The quantitative estimate of drug-likeness (QED) is 0.171. The van der Waals surface area contributed by atoms with Gasteiger partial charge in [-0.25, -0.2) is 0 Å². The van der Waals surface area contributed by atoms with Gasteiger partial charge in [0.15, 0.2) is 8.32 Å². The van der Waals surface area contributed by atoms with Gasteiger partial charge in [0, 0.05) is 12.1 Å². The third-order valence-electron chi connectivity index (χ3n) is 6.84. The van der Waals surface area contributed by atoms with Crippen LogP contribution in [0.25, 0.3) is 0 Å². The summed E-state index contributed by atoms with van der Waals surface area (Å²) in [7, 11) is -2.20. The first kappa shape index (κ1) is 27.5. The predicted molar refractivity (Wildman–Crippen MR) is 126 cm³/mol. The number of likely N-dealkylation sites (tertiary alicyclic amines) is 1. The van der Waals surface area contributed by atoms with Crippen molar-refractivity contribution in [2.24, 2.45) is 11.8 Å². The fourth-order valence-corrected chi connectivity index (χ4v) is 5.19. The topological polar surface area (TPSA) is 136 Å². The average molecular weight is 495 g/mol. The number of hydrogen-bond acceptors (Lipinski definition) is 7. The molecule has 1 saturated heterocycles. The molecule has 1 aliphatic heterocycles. The molecule has 1 N–H and O–H groups in total. The summed E-state index contributed by atoms with van der Waals surface area (Å²) in [6, 6.07) is 4.87. The second kappa shape index (κ2) is 10.2. The fraction of sp³-hybridized carbons (Fsp3) is 0.609. The molecule has 188 valence electrons. The molecular formula is C23H34N2O8Si. The van der Waals surface area contributed by atoms with Crippen molar-refractivity contribution in [2.75, 3.05) is 6.54 Å². The minimum absolute atomic E-state index is 0.0770. The number of ether oxygens (including phenoxy) is 1. The lowest BCUT2D eigenvalue weighted by atomic mass is 9.76. The molecule has 0 spiro atoms. The van der Waals surface area contributed by atoms with Gasteiger partial charge in [-0.15, -0.1) is 0 Å². The number of carboxylic acid groups (broad SMARTS) is 1. The number of esters is 1. The SMILES string of the molecule is CC(C(=O)O)[C@@H]1[C@@H]([C@@H](C)O[Si](C)(C)C(C)(C)C)C(=O)N1CC(=O)OCc1ccc([N+](=O)[O-])cc1. The number of carbonyl (C=O) groups excluding carboxylic acids is 2. The van der Waals surface area contributed by atoms with Crippen LogP contribution < -0.4 is 0 Å². The van der Waals surface area contributed by atoms with Crippen molar-refractivity contribution in [1.82, 2.24) is 4.90 Å². The molecule has 1 heterocycles. The van der Waals surface area contributed by atoms with Gasteiger partial charge in [-0.1, -0.05) is 20.8 Å². The second-order valence-electron chi connectivity index (χ2n) is 10.3. The van der Waals surface area contributed by atoms with Gasteiger partial charge in [-0.05, 0) is 49.7 Å². The molecule has 11 heteroatoms. The molecule has 0 radical (unpaired) electrons. The lowest BCUT2D eigenvalue weighted by molar-refractivity contribution is -0.384. The summed E-state index contributed by atoms with van der Waals surface area (Å²) in [5.41, 5.74) is 0.477. The second-order valence-corrected chi connectivity index (χ2v) is 15.0. The molecule has 1 aliphatic rings. The molecule has 1 aromatic rings. The van der Waals surface area contributed by atoms with Gasteiger partial charge >= 0.3 is 11.9 Å². The lowest BCUT2D eigenvalue weighted by Gasteiger charge is -2.52. The van der Waals surface area contributed by atoms with E-state index in [0.29, 0.717) is 5.56 Å². The van der Waals surface area contributed by atoms with Crippen LogP contribution in [0.3, 0.4) is 0 Å². The van der Waals surface area contributed by atoms with Gasteiger partial charge in [0.05, 0.1) is 28.9 Å². The van der Waals surface area contributed by atoms with E-state index < -0.39 is 49.2 Å². The number of amides is 1. The molecule has 2 rings (SSSR count). The van der Waals surface area contributed by atoms with Gasteiger partial charge < -0.3 is 19.2 Å². The Balaban J connectivity index is 2.07. The Hall–Kier alpha value is -2.79. The summed E-state index contributed by atoms with van der Waals surface area (Å²) >= 11 is 0. The van der Waals surface area contributed by atoms with Crippen molar-refractivity contribution in [2.45, 2.75) is 71.5 Å². The van der Waals surface area contributed by atoms with Crippen LogP contribution >= 0.6 is 0 Å². The van der Waals surface area contributed by atoms with Crippen LogP contribution in [0.4, 0.5) is 5.69 Å². The van der Waals surface area contributed by atoms with Gasteiger partial charge in [0.1, 0.15) is 13.2 Å². The van der Waals surface area contributed by atoms with Crippen molar-refractivity contribution in [3.05, 3.63) is 39.9 Å². The number of carbonyl (C=O) groups is 3. The van der Waals surface area contributed by atoms with Crippen molar-refractivity contribution < 1.29 is 33.6 Å².